The minimum absolute atomic E-state index is 0.134. The molecule has 2 aromatic rings. The average Bonchev–Trinajstić information content (AvgIpc) is 3.22. The molecule has 4 rings (SSSR count). The summed E-state index contributed by atoms with van der Waals surface area (Å²) in [6, 6.07) is 11.7. The lowest BCUT2D eigenvalue weighted by atomic mass is 9.94. The molecule has 0 spiro atoms. The van der Waals surface area contributed by atoms with E-state index in [1.165, 1.54) is 0 Å². The molecular formula is C22H22ClN3O5. The normalized spacial score (nSPS) is 17.2. The lowest BCUT2D eigenvalue weighted by Gasteiger charge is -2.29. The fraction of sp³-hybridized carbons (Fsp3) is 0.273. The number of carbonyl (C=O) groups is 2. The molecule has 1 atom stereocenters. The van der Waals surface area contributed by atoms with E-state index in [-0.39, 0.29) is 19.9 Å². The molecule has 2 heterocycles. The first-order chi connectivity index (χ1) is 15.1. The van der Waals surface area contributed by atoms with Crippen LogP contribution in [0.5, 0.6) is 11.5 Å². The Kier molecular flexibility index (Phi) is 6.29. The molecule has 0 radical (unpaired) electrons. The number of ether oxygens (including phenoxy) is 3. The number of halogens is 1. The molecule has 9 heteroatoms. The molecule has 0 bridgehead atoms. The second kappa shape index (κ2) is 9.28. The summed E-state index contributed by atoms with van der Waals surface area (Å²) in [5, 5.41) is 9.42. The van der Waals surface area contributed by atoms with Crippen molar-refractivity contribution in [3.05, 3.63) is 69.9 Å². The number of rotatable bonds is 7. The van der Waals surface area contributed by atoms with Gasteiger partial charge in [-0.1, -0.05) is 35.9 Å². The Morgan fingerprint density at radius 2 is 2.00 bits per heavy atom. The van der Waals surface area contributed by atoms with Gasteiger partial charge in [0.25, 0.3) is 0 Å². The molecule has 0 fully saturated rings. The Labute approximate surface area is 184 Å². The van der Waals surface area contributed by atoms with E-state index < -0.39 is 18.0 Å². The first-order valence-corrected chi connectivity index (χ1v) is 10.3. The molecule has 0 saturated heterocycles. The summed E-state index contributed by atoms with van der Waals surface area (Å²) >= 11 is 6.21. The molecule has 0 aliphatic carbocycles. The molecule has 0 saturated carbocycles. The van der Waals surface area contributed by atoms with Gasteiger partial charge in [-0.3, -0.25) is 0 Å². The number of esters is 1. The van der Waals surface area contributed by atoms with Crippen molar-refractivity contribution < 1.29 is 23.8 Å². The lowest BCUT2D eigenvalue weighted by molar-refractivity contribution is -0.139. The van der Waals surface area contributed by atoms with Gasteiger partial charge in [0.05, 0.1) is 18.2 Å². The largest absolute Gasteiger partial charge is 0.463 e. The quantitative estimate of drug-likeness (QED) is 0.569. The van der Waals surface area contributed by atoms with E-state index in [9.17, 15) is 9.59 Å². The Morgan fingerprint density at radius 1 is 1.19 bits per heavy atom. The summed E-state index contributed by atoms with van der Waals surface area (Å²) in [4.78, 5) is 25.2. The van der Waals surface area contributed by atoms with Crippen molar-refractivity contribution in [3.8, 4) is 11.5 Å². The van der Waals surface area contributed by atoms with E-state index in [1.54, 1.807) is 25.1 Å². The van der Waals surface area contributed by atoms with Gasteiger partial charge in [-0.05, 0) is 36.2 Å². The number of hydrogen-bond donors (Lipinski definition) is 3. The monoisotopic (exact) mass is 443 g/mol. The van der Waals surface area contributed by atoms with Gasteiger partial charge in [0.1, 0.15) is 0 Å². The Hall–Kier alpha value is -3.23. The van der Waals surface area contributed by atoms with Crippen LogP contribution in [0.4, 0.5) is 4.79 Å². The van der Waals surface area contributed by atoms with Crippen LogP contribution in [0.1, 0.15) is 24.1 Å². The molecule has 2 aromatic carbocycles. The summed E-state index contributed by atoms with van der Waals surface area (Å²) in [5.41, 5.74) is 2.37. The minimum Gasteiger partial charge on any atom is -0.463 e. The van der Waals surface area contributed by atoms with Crippen molar-refractivity contribution in [3.63, 3.8) is 0 Å². The molecular weight excluding hydrogens is 422 g/mol. The van der Waals surface area contributed by atoms with Gasteiger partial charge in [0.2, 0.25) is 6.79 Å². The van der Waals surface area contributed by atoms with E-state index in [0.29, 0.717) is 39.9 Å². The lowest BCUT2D eigenvalue weighted by Crippen LogP contribution is -2.48. The second-order valence-electron chi connectivity index (χ2n) is 6.95. The van der Waals surface area contributed by atoms with Gasteiger partial charge < -0.3 is 30.2 Å². The molecule has 2 amide bonds. The van der Waals surface area contributed by atoms with Crippen molar-refractivity contribution in [1.82, 2.24) is 16.0 Å². The number of nitrogens with one attached hydrogen (secondary N) is 3. The molecule has 162 valence electrons. The summed E-state index contributed by atoms with van der Waals surface area (Å²) in [5.74, 6) is 0.673. The van der Waals surface area contributed by atoms with Crippen LogP contribution in [0.15, 0.2) is 53.7 Å². The zero-order valence-electron chi connectivity index (χ0n) is 16.9. The van der Waals surface area contributed by atoms with Crippen molar-refractivity contribution in [2.75, 3.05) is 19.9 Å². The number of fused-ring (bicyclic) bond motifs is 1. The number of benzene rings is 2. The van der Waals surface area contributed by atoms with Gasteiger partial charge >= 0.3 is 12.0 Å². The van der Waals surface area contributed by atoms with Crippen LogP contribution in [0.25, 0.3) is 0 Å². The van der Waals surface area contributed by atoms with Gasteiger partial charge in [0.15, 0.2) is 11.5 Å². The van der Waals surface area contributed by atoms with Gasteiger partial charge in [-0.25, -0.2) is 9.59 Å². The van der Waals surface area contributed by atoms with Crippen molar-refractivity contribution in [2.45, 2.75) is 19.5 Å². The van der Waals surface area contributed by atoms with Crippen LogP contribution in [-0.2, 0) is 16.1 Å². The first kappa shape index (κ1) is 21.0. The highest BCUT2D eigenvalue weighted by atomic mass is 35.5. The number of amides is 2. The van der Waals surface area contributed by atoms with Gasteiger partial charge in [-0.15, -0.1) is 0 Å². The SMILES string of the molecule is CCOC(=O)C1=C(CNCc2ccccc2Cl)NC(=O)N[C@H]1c1ccc2c(c1)OCO2. The predicted molar refractivity (Wildman–Crippen MR) is 114 cm³/mol. The second-order valence-corrected chi connectivity index (χ2v) is 7.36. The van der Waals surface area contributed by atoms with Crippen molar-refractivity contribution in [1.29, 1.82) is 0 Å². The maximum absolute atomic E-state index is 12.8. The van der Waals surface area contributed by atoms with Crippen LogP contribution in [-0.4, -0.2) is 31.9 Å². The maximum atomic E-state index is 12.8. The minimum atomic E-state index is -0.695. The van der Waals surface area contributed by atoms with Crippen LogP contribution >= 0.6 is 11.6 Å². The fourth-order valence-electron chi connectivity index (χ4n) is 3.51. The van der Waals surface area contributed by atoms with Crippen molar-refractivity contribution in [2.24, 2.45) is 0 Å². The molecule has 8 nitrogen and oxygen atoms in total. The van der Waals surface area contributed by atoms with Crippen molar-refractivity contribution >= 4 is 23.6 Å². The van der Waals surface area contributed by atoms with E-state index in [1.807, 2.05) is 24.3 Å². The first-order valence-electron chi connectivity index (χ1n) is 9.88. The summed E-state index contributed by atoms with van der Waals surface area (Å²) in [6.07, 6.45) is 0. The highest BCUT2D eigenvalue weighted by molar-refractivity contribution is 6.31. The van der Waals surface area contributed by atoms with Crippen LogP contribution < -0.4 is 25.4 Å². The predicted octanol–water partition coefficient (Wildman–Crippen LogP) is 3.03. The number of carbonyl (C=O) groups excluding carboxylic acids is 2. The van der Waals surface area contributed by atoms with Gasteiger partial charge in [0, 0.05) is 23.8 Å². The third-order valence-electron chi connectivity index (χ3n) is 4.95. The van der Waals surface area contributed by atoms with E-state index >= 15 is 0 Å². The summed E-state index contributed by atoms with van der Waals surface area (Å²) in [6.45, 7) is 2.79. The molecule has 31 heavy (non-hydrogen) atoms. The zero-order valence-corrected chi connectivity index (χ0v) is 17.6. The molecule has 3 N–H and O–H groups in total. The highest BCUT2D eigenvalue weighted by Gasteiger charge is 2.34. The Morgan fingerprint density at radius 3 is 2.81 bits per heavy atom. The van der Waals surface area contributed by atoms with E-state index in [4.69, 9.17) is 25.8 Å². The number of urea groups is 1. The van der Waals surface area contributed by atoms with E-state index in [0.717, 1.165) is 5.56 Å². The third kappa shape index (κ3) is 4.60. The fourth-order valence-corrected chi connectivity index (χ4v) is 3.72. The Bertz CT molecular complexity index is 1040. The summed E-state index contributed by atoms with van der Waals surface area (Å²) < 4.78 is 16.1. The van der Waals surface area contributed by atoms with Crippen LogP contribution in [0.3, 0.4) is 0 Å². The van der Waals surface area contributed by atoms with E-state index in [2.05, 4.69) is 16.0 Å². The smallest absolute Gasteiger partial charge is 0.338 e. The average molecular weight is 444 g/mol. The topological polar surface area (TPSA) is 97.9 Å². The Balaban J connectivity index is 1.62. The molecule has 2 aliphatic heterocycles. The van der Waals surface area contributed by atoms with Crippen LogP contribution in [0.2, 0.25) is 5.02 Å². The summed E-state index contributed by atoms with van der Waals surface area (Å²) in [7, 11) is 0. The van der Waals surface area contributed by atoms with Crippen LogP contribution in [0, 0.1) is 0 Å². The maximum Gasteiger partial charge on any atom is 0.338 e. The molecule has 2 aliphatic rings. The third-order valence-corrected chi connectivity index (χ3v) is 5.32. The molecule has 0 aromatic heterocycles. The zero-order chi connectivity index (χ0) is 21.8. The van der Waals surface area contributed by atoms with Gasteiger partial charge in [-0.2, -0.15) is 0 Å². The molecule has 0 unspecified atom stereocenters. The highest BCUT2D eigenvalue weighted by Crippen LogP contribution is 2.37. The number of hydrogen-bond acceptors (Lipinski definition) is 6. The standard InChI is InChI=1S/C22H22ClN3O5/c1-2-29-21(27)19-16(11-24-10-14-5-3-4-6-15(14)23)25-22(28)26-20(19)13-7-8-17-18(9-13)31-12-30-17/h3-9,20,24H,2,10-12H2,1H3,(H2,25,26,28)/t20-/m0/s1.